The third kappa shape index (κ3) is 1.72. The van der Waals surface area contributed by atoms with Gasteiger partial charge in [0.1, 0.15) is 0 Å². The molecule has 1 rings (SSSR count). The third-order valence-corrected chi connectivity index (χ3v) is 2.23. The third-order valence-electron chi connectivity index (χ3n) is 2.23. The Morgan fingerprint density at radius 1 is 1.33 bits per heavy atom. The molecule has 0 heterocycles. The summed E-state index contributed by atoms with van der Waals surface area (Å²) in [7, 11) is 0. The number of alkyl halides is 3. The van der Waals surface area contributed by atoms with Gasteiger partial charge in [0.25, 0.3) is 0 Å². The Morgan fingerprint density at radius 2 is 1.92 bits per heavy atom. The molecule has 0 spiro atoms. The molecule has 0 amide bonds. The fourth-order valence-corrected chi connectivity index (χ4v) is 1.48. The molecular formula is C7H11F3O2. The van der Waals surface area contributed by atoms with Gasteiger partial charge >= 0.3 is 6.18 Å². The summed E-state index contributed by atoms with van der Waals surface area (Å²) in [6, 6.07) is 0. The fraction of sp³-hybridized carbons (Fsp3) is 1.00. The highest BCUT2D eigenvalue weighted by molar-refractivity contribution is 4.92. The van der Waals surface area contributed by atoms with Crippen LogP contribution in [0.4, 0.5) is 13.2 Å². The largest absolute Gasteiger partial charge is 0.417 e. The highest BCUT2D eigenvalue weighted by Gasteiger charge is 2.55. The van der Waals surface area contributed by atoms with Gasteiger partial charge in [-0.1, -0.05) is 0 Å². The minimum atomic E-state index is -4.62. The van der Waals surface area contributed by atoms with Crippen molar-refractivity contribution in [2.75, 3.05) is 0 Å². The molecule has 5 heteroatoms. The molecule has 72 valence electrons. The first kappa shape index (κ1) is 9.80. The topological polar surface area (TPSA) is 40.5 Å². The molecule has 2 unspecified atom stereocenters. The van der Waals surface area contributed by atoms with Crippen LogP contribution in [0.15, 0.2) is 0 Å². The second kappa shape index (κ2) is 2.88. The van der Waals surface area contributed by atoms with Crippen LogP contribution in [0.5, 0.6) is 0 Å². The maximum Gasteiger partial charge on any atom is 0.417 e. The van der Waals surface area contributed by atoms with E-state index in [1.807, 2.05) is 0 Å². The van der Waals surface area contributed by atoms with Gasteiger partial charge in [0.2, 0.25) is 0 Å². The van der Waals surface area contributed by atoms with Gasteiger partial charge in [0, 0.05) is 6.42 Å². The van der Waals surface area contributed by atoms with Crippen molar-refractivity contribution < 1.29 is 23.4 Å². The van der Waals surface area contributed by atoms with Crippen LogP contribution in [0.3, 0.4) is 0 Å². The zero-order valence-corrected chi connectivity index (χ0v) is 6.43. The predicted octanol–water partition coefficient (Wildman–Crippen LogP) is 1.21. The van der Waals surface area contributed by atoms with Crippen molar-refractivity contribution in [1.29, 1.82) is 0 Å². The van der Waals surface area contributed by atoms with Crippen molar-refractivity contribution in [2.24, 2.45) is 0 Å². The molecule has 0 bridgehead atoms. The maximum absolute atomic E-state index is 12.1. The first-order chi connectivity index (χ1) is 5.35. The predicted molar refractivity (Wildman–Crippen MR) is 35.5 cm³/mol. The van der Waals surface area contributed by atoms with Gasteiger partial charge in [-0.25, -0.2) is 0 Å². The standard InChI is InChI=1S/C7H11F3O2/c8-7(9,10)6(12)3-1-2-5(11)4-6/h5,11-12H,1-4H2. The van der Waals surface area contributed by atoms with Gasteiger partial charge in [-0.05, 0) is 19.3 Å². The van der Waals surface area contributed by atoms with Crippen LogP contribution in [-0.4, -0.2) is 28.1 Å². The van der Waals surface area contributed by atoms with Gasteiger partial charge in [-0.15, -0.1) is 0 Å². The van der Waals surface area contributed by atoms with Gasteiger partial charge < -0.3 is 10.2 Å². The summed E-state index contributed by atoms with van der Waals surface area (Å²) in [5.74, 6) is 0. The van der Waals surface area contributed by atoms with E-state index < -0.39 is 24.3 Å². The molecule has 0 aromatic heterocycles. The van der Waals surface area contributed by atoms with Crippen LogP contribution in [0.2, 0.25) is 0 Å². The molecule has 12 heavy (non-hydrogen) atoms. The molecule has 0 saturated heterocycles. The Labute approximate surface area is 68.0 Å². The minimum absolute atomic E-state index is 0.219. The second-order valence-corrected chi connectivity index (χ2v) is 3.28. The van der Waals surface area contributed by atoms with E-state index in [2.05, 4.69) is 0 Å². The SMILES string of the molecule is OC1CCCC(O)(C(F)(F)F)C1. The van der Waals surface area contributed by atoms with Crippen LogP contribution in [0, 0.1) is 0 Å². The van der Waals surface area contributed by atoms with E-state index in [-0.39, 0.29) is 12.8 Å². The Kier molecular flexibility index (Phi) is 2.35. The van der Waals surface area contributed by atoms with Crippen molar-refractivity contribution in [2.45, 2.75) is 43.6 Å². The second-order valence-electron chi connectivity index (χ2n) is 3.28. The first-order valence-corrected chi connectivity index (χ1v) is 3.82. The molecule has 2 atom stereocenters. The molecule has 1 aliphatic rings. The number of rotatable bonds is 0. The molecule has 2 nitrogen and oxygen atoms in total. The highest BCUT2D eigenvalue weighted by Crippen LogP contribution is 2.41. The van der Waals surface area contributed by atoms with Crippen molar-refractivity contribution >= 4 is 0 Å². The average molecular weight is 184 g/mol. The summed E-state index contributed by atoms with van der Waals surface area (Å²) in [5.41, 5.74) is -2.66. The monoisotopic (exact) mass is 184 g/mol. The Hall–Kier alpha value is -0.290. The van der Waals surface area contributed by atoms with E-state index in [4.69, 9.17) is 10.2 Å². The molecule has 0 aliphatic heterocycles. The van der Waals surface area contributed by atoms with Crippen molar-refractivity contribution in [3.8, 4) is 0 Å². The van der Waals surface area contributed by atoms with Crippen LogP contribution in [0.1, 0.15) is 25.7 Å². The zero-order valence-electron chi connectivity index (χ0n) is 6.43. The lowest BCUT2D eigenvalue weighted by Gasteiger charge is -2.36. The summed E-state index contributed by atoms with van der Waals surface area (Å²) >= 11 is 0. The van der Waals surface area contributed by atoms with Gasteiger partial charge in [0.05, 0.1) is 6.10 Å². The smallest absolute Gasteiger partial charge is 0.393 e. The van der Waals surface area contributed by atoms with E-state index in [0.29, 0.717) is 6.42 Å². The summed E-state index contributed by atoms with van der Waals surface area (Å²) in [5, 5.41) is 18.0. The Bertz CT molecular complexity index is 169. The number of aliphatic hydroxyl groups is 2. The summed E-state index contributed by atoms with van der Waals surface area (Å²) < 4.78 is 36.4. The van der Waals surface area contributed by atoms with Gasteiger partial charge in [-0.3, -0.25) is 0 Å². The molecule has 0 aromatic rings. The molecule has 0 radical (unpaired) electrons. The first-order valence-electron chi connectivity index (χ1n) is 3.82. The number of halogens is 3. The number of hydrogen-bond donors (Lipinski definition) is 2. The lowest BCUT2D eigenvalue weighted by molar-refractivity contribution is -0.277. The zero-order chi connectivity index (χ0) is 9.41. The lowest BCUT2D eigenvalue weighted by Crippen LogP contribution is -2.49. The molecule has 1 saturated carbocycles. The van der Waals surface area contributed by atoms with Crippen molar-refractivity contribution in [3.63, 3.8) is 0 Å². The number of aliphatic hydroxyl groups excluding tert-OH is 1. The van der Waals surface area contributed by atoms with E-state index in [0.717, 1.165) is 0 Å². The summed E-state index contributed by atoms with van der Waals surface area (Å²) in [4.78, 5) is 0. The van der Waals surface area contributed by atoms with E-state index in [9.17, 15) is 13.2 Å². The Balaban J connectivity index is 2.70. The van der Waals surface area contributed by atoms with Crippen LogP contribution < -0.4 is 0 Å². The van der Waals surface area contributed by atoms with Crippen LogP contribution >= 0.6 is 0 Å². The molecular weight excluding hydrogens is 173 g/mol. The number of hydrogen-bond acceptors (Lipinski definition) is 2. The van der Waals surface area contributed by atoms with Crippen molar-refractivity contribution in [1.82, 2.24) is 0 Å². The molecule has 0 aromatic carbocycles. The quantitative estimate of drug-likeness (QED) is 0.594. The molecule has 1 fully saturated rings. The van der Waals surface area contributed by atoms with Crippen LogP contribution in [-0.2, 0) is 0 Å². The highest BCUT2D eigenvalue weighted by atomic mass is 19.4. The van der Waals surface area contributed by atoms with Gasteiger partial charge in [0.15, 0.2) is 5.60 Å². The van der Waals surface area contributed by atoms with E-state index >= 15 is 0 Å². The van der Waals surface area contributed by atoms with E-state index in [1.165, 1.54) is 0 Å². The average Bonchev–Trinajstić information content (AvgIpc) is 1.83. The fourth-order valence-electron chi connectivity index (χ4n) is 1.48. The minimum Gasteiger partial charge on any atom is -0.393 e. The molecule has 2 N–H and O–H groups in total. The summed E-state index contributed by atoms with van der Waals surface area (Å²) in [6.07, 6.45) is -5.96. The maximum atomic E-state index is 12.1. The van der Waals surface area contributed by atoms with Crippen molar-refractivity contribution in [3.05, 3.63) is 0 Å². The molecule has 1 aliphatic carbocycles. The normalized spacial score (nSPS) is 38.2. The van der Waals surface area contributed by atoms with Crippen LogP contribution in [0.25, 0.3) is 0 Å². The van der Waals surface area contributed by atoms with Gasteiger partial charge in [-0.2, -0.15) is 13.2 Å². The summed E-state index contributed by atoms with van der Waals surface area (Å²) in [6.45, 7) is 0. The Morgan fingerprint density at radius 3 is 2.25 bits per heavy atom. The van der Waals surface area contributed by atoms with E-state index in [1.54, 1.807) is 0 Å². The lowest BCUT2D eigenvalue weighted by atomic mass is 9.83.